The second-order valence-electron chi connectivity index (χ2n) is 6.58. The van der Waals surface area contributed by atoms with Crippen LogP contribution in [0.5, 0.6) is 0 Å². The number of hydrogen-bond donors (Lipinski definition) is 2. The Kier molecular flexibility index (Phi) is 4.67. The van der Waals surface area contributed by atoms with E-state index in [-0.39, 0.29) is 0 Å². The summed E-state index contributed by atoms with van der Waals surface area (Å²) in [6.45, 7) is 5.38. The van der Waals surface area contributed by atoms with Crippen LogP contribution >= 0.6 is 15.9 Å². The van der Waals surface area contributed by atoms with Crippen LogP contribution in [0.15, 0.2) is 10.8 Å². The van der Waals surface area contributed by atoms with Gasteiger partial charge in [-0.1, -0.05) is 13.3 Å². The van der Waals surface area contributed by atoms with Gasteiger partial charge in [0.1, 0.15) is 22.4 Å². The van der Waals surface area contributed by atoms with Gasteiger partial charge < -0.3 is 10.6 Å². The molecule has 0 aromatic carbocycles. The van der Waals surface area contributed by atoms with Crippen molar-refractivity contribution in [1.29, 1.82) is 0 Å². The van der Waals surface area contributed by atoms with Crippen LogP contribution in [0.4, 0.5) is 11.6 Å². The molecule has 4 unspecified atom stereocenters. The molecule has 2 aliphatic rings. The van der Waals surface area contributed by atoms with Gasteiger partial charge in [-0.3, -0.25) is 0 Å². The van der Waals surface area contributed by atoms with Crippen LogP contribution in [0.3, 0.4) is 0 Å². The van der Waals surface area contributed by atoms with Crippen LogP contribution in [-0.4, -0.2) is 22.6 Å². The maximum absolute atomic E-state index is 4.41. The first-order valence-corrected chi connectivity index (χ1v) is 8.99. The minimum Gasteiger partial charge on any atom is -0.369 e. The summed E-state index contributed by atoms with van der Waals surface area (Å²) in [5.41, 5.74) is 0. The third-order valence-corrected chi connectivity index (χ3v) is 5.88. The zero-order chi connectivity index (χ0) is 14.8. The molecule has 4 nitrogen and oxygen atoms in total. The van der Waals surface area contributed by atoms with Crippen LogP contribution in [0.1, 0.15) is 46.0 Å². The molecule has 116 valence electrons. The van der Waals surface area contributed by atoms with E-state index >= 15 is 0 Å². The van der Waals surface area contributed by atoms with Gasteiger partial charge in [0.05, 0.1) is 0 Å². The minimum absolute atomic E-state index is 0.477. The normalized spacial score (nSPS) is 28.6. The largest absolute Gasteiger partial charge is 0.369 e. The zero-order valence-corrected chi connectivity index (χ0v) is 14.5. The van der Waals surface area contributed by atoms with Crippen molar-refractivity contribution in [3.05, 3.63) is 10.8 Å². The van der Waals surface area contributed by atoms with Gasteiger partial charge in [-0.15, -0.1) is 0 Å². The van der Waals surface area contributed by atoms with E-state index in [1.807, 2.05) is 0 Å². The second kappa shape index (κ2) is 6.51. The van der Waals surface area contributed by atoms with Crippen LogP contribution in [0.2, 0.25) is 0 Å². The molecule has 1 aromatic heterocycles. The summed E-state index contributed by atoms with van der Waals surface area (Å²) in [5.74, 6) is 4.52. The lowest BCUT2D eigenvalue weighted by atomic mass is 9.84. The van der Waals surface area contributed by atoms with Gasteiger partial charge in [0.25, 0.3) is 0 Å². The Hall–Kier alpha value is -0.840. The fourth-order valence-corrected chi connectivity index (χ4v) is 4.53. The Labute approximate surface area is 135 Å². The number of nitrogens with one attached hydrogen (secondary N) is 2. The maximum Gasteiger partial charge on any atom is 0.146 e. The number of hydrogen-bond acceptors (Lipinski definition) is 4. The Balaban J connectivity index is 1.66. The fourth-order valence-electron chi connectivity index (χ4n) is 4.07. The first-order valence-electron chi connectivity index (χ1n) is 8.20. The van der Waals surface area contributed by atoms with Crippen molar-refractivity contribution >= 4 is 27.6 Å². The van der Waals surface area contributed by atoms with E-state index in [2.05, 4.69) is 50.4 Å². The molecule has 5 heteroatoms. The Morgan fingerprint density at radius 2 is 2.10 bits per heavy atom. The third kappa shape index (κ3) is 3.17. The van der Waals surface area contributed by atoms with Gasteiger partial charge in [0, 0.05) is 12.6 Å². The molecule has 21 heavy (non-hydrogen) atoms. The van der Waals surface area contributed by atoms with E-state index < -0.39 is 0 Å². The van der Waals surface area contributed by atoms with Crippen molar-refractivity contribution in [2.45, 2.75) is 52.0 Å². The smallest absolute Gasteiger partial charge is 0.146 e. The van der Waals surface area contributed by atoms with Gasteiger partial charge in [0.15, 0.2) is 0 Å². The highest BCUT2D eigenvalue weighted by molar-refractivity contribution is 9.10. The van der Waals surface area contributed by atoms with Crippen molar-refractivity contribution in [3.63, 3.8) is 0 Å². The first kappa shape index (κ1) is 15.1. The molecule has 2 aliphatic carbocycles. The monoisotopic (exact) mass is 352 g/mol. The van der Waals surface area contributed by atoms with Crippen molar-refractivity contribution < 1.29 is 0 Å². The number of fused-ring (bicyclic) bond motifs is 2. The topological polar surface area (TPSA) is 49.8 Å². The number of aromatic nitrogens is 2. The second-order valence-corrected chi connectivity index (χ2v) is 7.38. The molecule has 2 N–H and O–H groups in total. The van der Waals surface area contributed by atoms with E-state index in [9.17, 15) is 0 Å². The minimum atomic E-state index is 0.477. The lowest BCUT2D eigenvalue weighted by Gasteiger charge is -2.29. The van der Waals surface area contributed by atoms with E-state index in [1.54, 1.807) is 6.33 Å². The van der Waals surface area contributed by atoms with Crippen molar-refractivity contribution in [3.8, 4) is 0 Å². The number of halogens is 1. The van der Waals surface area contributed by atoms with Gasteiger partial charge in [-0.25, -0.2) is 9.97 Å². The molecule has 0 spiro atoms. The summed E-state index contributed by atoms with van der Waals surface area (Å²) in [6, 6.07) is 0.477. The Bertz CT molecular complexity index is 493. The van der Waals surface area contributed by atoms with E-state index in [4.69, 9.17) is 0 Å². The summed E-state index contributed by atoms with van der Waals surface area (Å²) in [5, 5.41) is 6.95. The van der Waals surface area contributed by atoms with Crippen molar-refractivity contribution in [2.75, 3.05) is 17.2 Å². The van der Waals surface area contributed by atoms with E-state index in [0.29, 0.717) is 6.04 Å². The summed E-state index contributed by atoms with van der Waals surface area (Å²) in [7, 11) is 0. The Morgan fingerprint density at radius 1 is 1.29 bits per heavy atom. The molecule has 3 rings (SSSR count). The Morgan fingerprint density at radius 3 is 2.76 bits per heavy atom. The molecule has 0 saturated heterocycles. The average molecular weight is 353 g/mol. The fraction of sp³-hybridized carbons (Fsp3) is 0.750. The highest BCUT2D eigenvalue weighted by atomic mass is 79.9. The average Bonchev–Trinajstić information content (AvgIpc) is 3.11. The maximum atomic E-state index is 4.41. The van der Waals surface area contributed by atoms with Crippen molar-refractivity contribution in [2.24, 2.45) is 17.8 Å². The van der Waals surface area contributed by atoms with E-state index in [1.165, 1.54) is 25.7 Å². The molecule has 1 aromatic rings. The number of nitrogens with zero attached hydrogens (tertiary/aromatic N) is 2. The van der Waals surface area contributed by atoms with Crippen LogP contribution < -0.4 is 10.6 Å². The lowest BCUT2D eigenvalue weighted by molar-refractivity contribution is 0.304. The quantitative estimate of drug-likeness (QED) is 0.801. The lowest BCUT2D eigenvalue weighted by Crippen LogP contribution is -2.30. The van der Waals surface area contributed by atoms with Crippen LogP contribution in [0, 0.1) is 17.8 Å². The van der Waals surface area contributed by atoms with Crippen LogP contribution in [0.25, 0.3) is 0 Å². The predicted molar refractivity (Wildman–Crippen MR) is 90.5 cm³/mol. The van der Waals surface area contributed by atoms with Gasteiger partial charge >= 0.3 is 0 Å². The molecule has 2 fully saturated rings. The standard InChI is InChI=1S/C16H25BrN4/c1-3-6-18-15-14(17)16(20-9-19-15)21-10(2)13-8-11-4-5-12(13)7-11/h9-13H,3-8H2,1-2H3,(H2,18,19,20,21). The van der Waals surface area contributed by atoms with Crippen LogP contribution in [-0.2, 0) is 0 Å². The highest BCUT2D eigenvalue weighted by Crippen LogP contribution is 2.50. The predicted octanol–water partition coefficient (Wildman–Crippen LogP) is 4.30. The molecule has 2 bridgehead atoms. The van der Waals surface area contributed by atoms with Gasteiger partial charge in [0.2, 0.25) is 0 Å². The SMILES string of the molecule is CCCNc1ncnc(NC(C)C2CC3CCC2C3)c1Br. The van der Waals surface area contributed by atoms with Gasteiger partial charge in [-0.05, 0) is 66.3 Å². The summed E-state index contributed by atoms with van der Waals surface area (Å²) < 4.78 is 0.952. The van der Waals surface area contributed by atoms with E-state index in [0.717, 1.165) is 46.8 Å². The highest BCUT2D eigenvalue weighted by Gasteiger charge is 2.41. The van der Waals surface area contributed by atoms with Crippen molar-refractivity contribution in [1.82, 2.24) is 9.97 Å². The number of rotatable bonds is 6. The summed E-state index contributed by atoms with van der Waals surface area (Å²) >= 11 is 3.64. The molecular weight excluding hydrogens is 328 g/mol. The first-order chi connectivity index (χ1) is 10.2. The summed E-state index contributed by atoms with van der Waals surface area (Å²) in [4.78, 5) is 8.72. The molecular formula is C16H25BrN4. The van der Waals surface area contributed by atoms with Gasteiger partial charge in [-0.2, -0.15) is 0 Å². The molecule has 1 heterocycles. The zero-order valence-electron chi connectivity index (χ0n) is 12.9. The molecule has 0 amide bonds. The molecule has 4 atom stereocenters. The summed E-state index contributed by atoms with van der Waals surface area (Å²) in [6.07, 6.45) is 8.44. The third-order valence-electron chi connectivity index (χ3n) is 5.13. The molecule has 2 saturated carbocycles. The number of anilines is 2. The molecule has 0 radical (unpaired) electrons. The molecule has 0 aliphatic heterocycles.